The molecular weight excluding hydrogens is 545 g/mol. The minimum absolute atomic E-state index is 0.144. The van der Waals surface area contributed by atoms with Crippen LogP contribution < -0.4 is 16.0 Å². The van der Waals surface area contributed by atoms with Crippen molar-refractivity contribution in [3.8, 4) is 0 Å². The van der Waals surface area contributed by atoms with Crippen LogP contribution >= 0.6 is 11.8 Å². The lowest BCUT2D eigenvalue weighted by atomic mass is 10.2. The van der Waals surface area contributed by atoms with Crippen molar-refractivity contribution in [3.05, 3.63) is 84.4 Å². The summed E-state index contributed by atoms with van der Waals surface area (Å²) in [6, 6.07) is 18.9. The third kappa shape index (κ3) is 6.48. The second kappa shape index (κ2) is 11.6. The summed E-state index contributed by atoms with van der Waals surface area (Å²) in [6.45, 7) is 2.93. The smallest absolute Gasteiger partial charge is 0.238 e. The minimum Gasteiger partial charge on any atom is -0.390 e. The van der Waals surface area contributed by atoms with E-state index in [2.05, 4.69) is 31.2 Å². The first kappa shape index (κ1) is 26.7. The average Bonchev–Trinajstić information content (AvgIpc) is 3.67. The Labute approximate surface area is 239 Å². The number of aliphatic hydroxyl groups is 1. The van der Waals surface area contributed by atoms with E-state index in [1.54, 1.807) is 16.6 Å². The highest BCUT2D eigenvalue weighted by molar-refractivity contribution is 7.99. The van der Waals surface area contributed by atoms with E-state index in [9.17, 15) is 14.3 Å². The summed E-state index contributed by atoms with van der Waals surface area (Å²) in [5.41, 5.74) is 3.16. The number of H-pyrrole nitrogens is 1. The Morgan fingerprint density at radius 1 is 1.12 bits per heavy atom. The fourth-order valence-electron chi connectivity index (χ4n) is 4.67. The number of carbonyl (C=O) groups is 1. The van der Waals surface area contributed by atoms with Crippen LogP contribution in [0.25, 0.3) is 5.52 Å². The number of hydrogen-bond acceptors (Lipinski definition) is 9. The monoisotopic (exact) mass is 573 g/mol. The first-order valence-corrected chi connectivity index (χ1v) is 13.8. The number of anilines is 4. The molecule has 41 heavy (non-hydrogen) atoms. The van der Waals surface area contributed by atoms with Gasteiger partial charge in [-0.05, 0) is 79.3 Å². The van der Waals surface area contributed by atoms with Gasteiger partial charge in [0.2, 0.25) is 11.1 Å². The number of aliphatic hydroxyl groups excluding tert-OH is 1. The first-order chi connectivity index (χ1) is 19.9. The fraction of sp³-hybridized carbons (Fsp3) is 0.214. The zero-order chi connectivity index (χ0) is 28.3. The molecule has 11 nitrogen and oxygen atoms in total. The summed E-state index contributed by atoms with van der Waals surface area (Å²) in [6.07, 6.45) is 1.22. The highest BCUT2D eigenvalue weighted by atomic mass is 32.2. The molecule has 4 heterocycles. The Morgan fingerprint density at radius 2 is 1.90 bits per heavy atom. The Morgan fingerprint density at radius 3 is 2.66 bits per heavy atom. The van der Waals surface area contributed by atoms with Crippen LogP contribution in [-0.4, -0.2) is 72.5 Å². The van der Waals surface area contributed by atoms with Gasteiger partial charge in [0.15, 0.2) is 11.6 Å². The first-order valence-electron chi connectivity index (χ1n) is 13.0. The number of carbonyl (C=O) groups excluding carboxylic acids is 1. The normalized spacial score (nSPS) is 17.1. The molecule has 0 saturated carbocycles. The number of β-amino-alcohol motifs (C(OH)–C–C–N with tert-alkyl or cyclic N) is 1. The van der Waals surface area contributed by atoms with E-state index in [4.69, 9.17) is 4.98 Å². The molecule has 1 amide bonds. The molecule has 0 spiro atoms. The molecule has 0 bridgehead atoms. The van der Waals surface area contributed by atoms with Gasteiger partial charge in [-0.2, -0.15) is 5.10 Å². The van der Waals surface area contributed by atoms with Gasteiger partial charge in [-0.15, -0.1) is 5.10 Å². The van der Waals surface area contributed by atoms with Gasteiger partial charge in [0, 0.05) is 47.3 Å². The van der Waals surface area contributed by atoms with E-state index >= 15 is 0 Å². The Hall–Kier alpha value is -4.46. The molecule has 13 heteroatoms. The third-order valence-corrected chi connectivity index (χ3v) is 7.46. The Kier molecular flexibility index (Phi) is 7.55. The maximum atomic E-state index is 13.2. The lowest BCUT2D eigenvalue weighted by Gasteiger charge is -2.17. The average molecular weight is 574 g/mol. The number of amides is 1. The third-order valence-electron chi connectivity index (χ3n) is 6.60. The van der Waals surface area contributed by atoms with E-state index in [1.807, 2.05) is 60.5 Å². The molecular formula is C28H28FN9O2S. The standard InChI is InChI=1S/C28H28FN9O2S/c1-17-13-25(35-34-17)32-27-23-3-2-12-38(23)36-28(33-27)41-21-10-8-20(9-11-21)31-26(40)16-37-14-22(24(39)15-37)30-19-6-4-18(29)5-7-19/h2-13,22,24,30,39H,14-16H2,1H3,(H,31,40)(H2,32,33,34,35,36)/t22-,24-/m1/s1. The van der Waals surface area contributed by atoms with Crippen LogP contribution in [0.15, 0.2) is 83.0 Å². The zero-order valence-corrected chi connectivity index (χ0v) is 22.9. The molecule has 1 aliphatic heterocycles. The Bertz CT molecular complexity index is 1660. The second-order valence-corrected chi connectivity index (χ2v) is 10.9. The van der Waals surface area contributed by atoms with Crippen molar-refractivity contribution >= 4 is 46.2 Å². The van der Waals surface area contributed by atoms with Crippen molar-refractivity contribution < 1.29 is 14.3 Å². The number of hydrogen-bond donors (Lipinski definition) is 5. The van der Waals surface area contributed by atoms with Crippen LogP contribution in [0.4, 0.5) is 27.4 Å². The summed E-state index contributed by atoms with van der Waals surface area (Å²) in [7, 11) is 0. The van der Waals surface area contributed by atoms with E-state index in [1.165, 1.54) is 23.9 Å². The predicted octanol–water partition coefficient (Wildman–Crippen LogP) is 3.89. The quantitative estimate of drug-likeness (QED) is 0.178. The summed E-state index contributed by atoms with van der Waals surface area (Å²) in [4.78, 5) is 20.2. The number of aryl methyl sites for hydroxylation is 1. The number of aromatic amines is 1. The molecule has 5 N–H and O–H groups in total. The largest absolute Gasteiger partial charge is 0.390 e. The van der Waals surface area contributed by atoms with Crippen LogP contribution in [0.3, 0.4) is 0 Å². The van der Waals surface area contributed by atoms with Gasteiger partial charge in [0.1, 0.15) is 11.3 Å². The van der Waals surface area contributed by atoms with Crippen molar-refractivity contribution in [1.29, 1.82) is 0 Å². The molecule has 6 rings (SSSR count). The predicted molar refractivity (Wildman–Crippen MR) is 155 cm³/mol. The zero-order valence-electron chi connectivity index (χ0n) is 22.1. The van der Waals surface area contributed by atoms with Gasteiger partial charge in [-0.3, -0.25) is 14.8 Å². The molecule has 3 aromatic heterocycles. The summed E-state index contributed by atoms with van der Waals surface area (Å²) in [5.74, 6) is 0.820. The highest BCUT2D eigenvalue weighted by Crippen LogP contribution is 2.29. The highest BCUT2D eigenvalue weighted by Gasteiger charge is 2.32. The van der Waals surface area contributed by atoms with Gasteiger partial charge in [-0.25, -0.2) is 13.9 Å². The van der Waals surface area contributed by atoms with Crippen LogP contribution in [0, 0.1) is 12.7 Å². The van der Waals surface area contributed by atoms with E-state index in [0.717, 1.165) is 21.8 Å². The summed E-state index contributed by atoms with van der Waals surface area (Å²) in [5, 5.41) is 32.1. The molecule has 0 radical (unpaired) electrons. The van der Waals surface area contributed by atoms with E-state index in [-0.39, 0.29) is 24.3 Å². The molecule has 1 aliphatic rings. The number of nitrogens with one attached hydrogen (secondary N) is 4. The molecule has 1 saturated heterocycles. The maximum absolute atomic E-state index is 13.2. The van der Waals surface area contributed by atoms with E-state index < -0.39 is 6.10 Å². The number of aromatic nitrogens is 5. The van der Waals surface area contributed by atoms with Crippen LogP contribution in [0.2, 0.25) is 0 Å². The topological polar surface area (TPSA) is 136 Å². The van der Waals surface area contributed by atoms with Crippen molar-refractivity contribution in [3.63, 3.8) is 0 Å². The number of rotatable bonds is 9. The van der Waals surface area contributed by atoms with Gasteiger partial charge >= 0.3 is 0 Å². The maximum Gasteiger partial charge on any atom is 0.238 e. The Balaban J connectivity index is 1.04. The number of likely N-dealkylation sites (tertiary alicyclic amines) is 1. The molecule has 2 aromatic carbocycles. The molecule has 0 aliphatic carbocycles. The lowest BCUT2D eigenvalue weighted by Crippen LogP contribution is -2.33. The second-order valence-electron chi connectivity index (χ2n) is 9.84. The molecule has 210 valence electrons. The van der Waals surface area contributed by atoms with Crippen molar-refractivity contribution in [2.75, 3.05) is 35.6 Å². The number of halogens is 1. The van der Waals surface area contributed by atoms with Gasteiger partial charge < -0.3 is 21.1 Å². The molecule has 0 unspecified atom stereocenters. The van der Waals surface area contributed by atoms with Gasteiger partial charge in [0.25, 0.3) is 0 Å². The lowest BCUT2D eigenvalue weighted by molar-refractivity contribution is -0.117. The van der Waals surface area contributed by atoms with Crippen LogP contribution in [0.5, 0.6) is 0 Å². The number of benzene rings is 2. The summed E-state index contributed by atoms with van der Waals surface area (Å²) < 4.78 is 14.9. The molecule has 2 atom stereocenters. The van der Waals surface area contributed by atoms with Crippen molar-refractivity contribution in [2.45, 2.75) is 29.1 Å². The fourth-order valence-corrected chi connectivity index (χ4v) is 5.41. The van der Waals surface area contributed by atoms with Crippen LogP contribution in [-0.2, 0) is 4.79 Å². The van der Waals surface area contributed by atoms with E-state index in [0.29, 0.717) is 35.6 Å². The van der Waals surface area contributed by atoms with Gasteiger partial charge in [0.05, 0.1) is 18.7 Å². The molecule has 1 fully saturated rings. The SMILES string of the molecule is Cc1cc(Nc2nc(Sc3ccc(NC(=O)CN4C[C@@H](O)[C@H](Nc5ccc(F)cc5)C4)cc3)nn3cccc23)n[nH]1. The number of fused-ring (bicyclic) bond motifs is 1. The molecule has 5 aromatic rings. The minimum atomic E-state index is -0.642. The van der Waals surface area contributed by atoms with Crippen molar-refractivity contribution in [1.82, 2.24) is 29.7 Å². The van der Waals surface area contributed by atoms with Crippen LogP contribution in [0.1, 0.15) is 5.69 Å². The number of nitrogens with zero attached hydrogens (tertiary/aromatic N) is 5. The summed E-state index contributed by atoms with van der Waals surface area (Å²) >= 11 is 1.40. The van der Waals surface area contributed by atoms with Gasteiger partial charge in [-0.1, -0.05) is 0 Å². The van der Waals surface area contributed by atoms with Crippen molar-refractivity contribution in [2.24, 2.45) is 0 Å².